The highest BCUT2D eigenvalue weighted by atomic mass is 32.1. The zero-order chi connectivity index (χ0) is 19.2. The number of thiophene rings is 1. The van der Waals surface area contributed by atoms with Crippen molar-refractivity contribution >= 4 is 23.2 Å². The Morgan fingerprint density at radius 2 is 1.70 bits per heavy atom. The van der Waals surface area contributed by atoms with Crippen molar-refractivity contribution in [3.8, 4) is 0 Å². The van der Waals surface area contributed by atoms with E-state index in [4.69, 9.17) is 0 Å². The molecule has 2 amide bonds. The van der Waals surface area contributed by atoms with Gasteiger partial charge in [-0.25, -0.2) is 0 Å². The Morgan fingerprint density at radius 1 is 1.00 bits per heavy atom. The maximum Gasteiger partial charge on any atom is 0.252 e. The van der Waals surface area contributed by atoms with Gasteiger partial charge in [-0.1, -0.05) is 48.0 Å². The normalized spacial score (nSPS) is 11.6. The molecule has 27 heavy (non-hydrogen) atoms. The number of hydrogen-bond donors (Lipinski definition) is 2. The first-order chi connectivity index (χ1) is 13.0. The van der Waals surface area contributed by atoms with Gasteiger partial charge >= 0.3 is 0 Å². The van der Waals surface area contributed by atoms with Gasteiger partial charge in [0.25, 0.3) is 5.91 Å². The van der Waals surface area contributed by atoms with Crippen LogP contribution in [0.4, 0.5) is 0 Å². The number of benzene rings is 2. The molecule has 0 radical (unpaired) electrons. The molecule has 2 aromatic carbocycles. The summed E-state index contributed by atoms with van der Waals surface area (Å²) < 4.78 is 0. The first-order valence-electron chi connectivity index (χ1n) is 8.77. The van der Waals surface area contributed by atoms with Crippen LogP contribution in [0.5, 0.6) is 0 Å². The highest BCUT2D eigenvalue weighted by molar-refractivity contribution is 7.10. The quantitative estimate of drug-likeness (QED) is 0.675. The number of nitrogens with one attached hydrogen (secondary N) is 2. The first-order valence-corrected chi connectivity index (χ1v) is 9.65. The Morgan fingerprint density at radius 3 is 2.30 bits per heavy atom. The Hall–Kier alpha value is -2.92. The molecule has 0 spiro atoms. The molecule has 5 heteroatoms. The summed E-state index contributed by atoms with van der Waals surface area (Å²) in [6, 6.07) is 19.3. The monoisotopic (exact) mass is 378 g/mol. The third-order valence-corrected chi connectivity index (χ3v) is 5.21. The summed E-state index contributed by atoms with van der Waals surface area (Å²) in [6.07, 6.45) is 0. The second kappa shape index (κ2) is 8.64. The summed E-state index contributed by atoms with van der Waals surface area (Å²) in [5.74, 6) is -0.200. The van der Waals surface area contributed by atoms with Crippen LogP contribution in [-0.2, 0) is 11.3 Å². The standard InChI is InChI=1S/C22H22N2O2S/c1-15-5-9-18(10-6-15)21(20-4-3-13-27-20)24-22(26)19-11-7-17(8-12-19)14-23-16(2)25/h3-13,21H,14H2,1-2H3,(H,23,25)(H,24,26). The molecular weight excluding hydrogens is 356 g/mol. The van der Waals surface area contributed by atoms with Crippen LogP contribution >= 0.6 is 11.3 Å². The third kappa shape index (κ3) is 5.05. The van der Waals surface area contributed by atoms with Crippen LogP contribution < -0.4 is 10.6 Å². The van der Waals surface area contributed by atoms with Crippen molar-refractivity contribution in [3.63, 3.8) is 0 Å². The number of amides is 2. The fourth-order valence-corrected chi connectivity index (χ4v) is 3.55. The number of carbonyl (C=O) groups is 2. The Kier molecular flexibility index (Phi) is 6.04. The van der Waals surface area contributed by atoms with Crippen molar-refractivity contribution in [2.45, 2.75) is 26.4 Å². The van der Waals surface area contributed by atoms with Crippen LogP contribution in [0.25, 0.3) is 0 Å². The molecule has 0 aliphatic rings. The van der Waals surface area contributed by atoms with E-state index < -0.39 is 0 Å². The predicted octanol–water partition coefficient (Wildman–Crippen LogP) is 4.21. The summed E-state index contributed by atoms with van der Waals surface area (Å²) >= 11 is 1.62. The van der Waals surface area contributed by atoms with E-state index in [1.54, 1.807) is 23.5 Å². The van der Waals surface area contributed by atoms with Gasteiger partial charge in [0.1, 0.15) is 0 Å². The summed E-state index contributed by atoms with van der Waals surface area (Å²) in [5.41, 5.74) is 3.79. The molecule has 1 unspecified atom stereocenters. The molecule has 138 valence electrons. The van der Waals surface area contributed by atoms with E-state index in [0.29, 0.717) is 12.1 Å². The van der Waals surface area contributed by atoms with Crippen LogP contribution in [0, 0.1) is 6.92 Å². The Bertz CT molecular complexity index is 901. The SMILES string of the molecule is CC(=O)NCc1ccc(C(=O)NC(c2ccc(C)cc2)c2cccs2)cc1. The summed E-state index contributed by atoms with van der Waals surface area (Å²) in [6.45, 7) is 3.99. The van der Waals surface area contributed by atoms with Crippen LogP contribution in [0.2, 0.25) is 0 Å². The minimum atomic E-state index is -0.183. The molecule has 4 nitrogen and oxygen atoms in total. The van der Waals surface area contributed by atoms with E-state index in [0.717, 1.165) is 16.0 Å². The zero-order valence-corrected chi connectivity index (χ0v) is 16.2. The van der Waals surface area contributed by atoms with Crippen molar-refractivity contribution in [3.05, 3.63) is 93.2 Å². The van der Waals surface area contributed by atoms with Gasteiger partial charge in [0.15, 0.2) is 0 Å². The van der Waals surface area contributed by atoms with Crippen molar-refractivity contribution in [2.75, 3.05) is 0 Å². The summed E-state index contributed by atoms with van der Waals surface area (Å²) in [4.78, 5) is 24.9. The van der Waals surface area contributed by atoms with Gasteiger partial charge in [-0.05, 0) is 41.6 Å². The molecule has 0 fully saturated rings. The number of hydrogen-bond acceptors (Lipinski definition) is 3. The fraction of sp³-hybridized carbons (Fsp3) is 0.182. The van der Waals surface area contributed by atoms with Gasteiger partial charge in [-0.2, -0.15) is 0 Å². The van der Waals surface area contributed by atoms with E-state index in [1.165, 1.54) is 12.5 Å². The molecule has 0 aliphatic carbocycles. The number of carbonyl (C=O) groups excluding carboxylic acids is 2. The van der Waals surface area contributed by atoms with Crippen LogP contribution in [0.15, 0.2) is 66.0 Å². The van der Waals surface area contributed by atoms with E-state index >= 15 is 0 Å². The van der Waals surface area contributed by atoms with Crippen molar-refractivity contribution in [1.29, 1.82) is 0 Å². The highest BCUT2D eigenvalue weighted by Gasteiger charge is 2.18. The molecule has 2 N–H and O–H groups in total. The maximum absolute atomic E-state index is 12.8. The first kappa shape index (κ1) is 18.9. The number of rotatable bonds is 6. The Labute approximate surface area is 163 Å². The molecule has 0 saturated carbocycles. The largest absolute Gasteiger partial charge is 0.352 e. The lowest BCUT2D eigenvalue weighted by molar-refractivity contribution is -0.119. The maximum atomic E-state index is 12.8. The van der Waals surface area contributed by atoms with Gasteiger partial charge in [0.05, 0.1) is 6.04 Å². The lowest BCUT2D eigenvalue weighted by Gasteiger charge is -2.18. The van der Waals surface area contributed by atoms with Gasteiger partial charge in [0, 0.05) is 23.9 Å². The zero-order valence-electron chi connectivity index (χ0n) is 15.4. The third-order valence-electron chi connectivity index (χ3n) is 4.27. The highest BCUT2D eigenvalue weighted by Crippen LogP contribution is 2.26. The second-order valence-electron chi connectivity index (χ2n) is 6.44. The number of aryl methyl sites for hydroxylation is 1. The summed E-state index contributed by atoms with van der Waals surface area (Å²) in [7, 11) is 0. The molecule has 3 rings (SSSR count). The molecule has 0 aliphatic heterocycles. The van der Waals surface area contributed by atoms with Crippen LogP contribution in [0.3, 0.4) is 0 Å². The lowest BCUT2D eigenvalue weighted by Crippen LogP contribution is -2.28. The average molecular weight is 378 g/mol. The van der Waals surface area contributed by atoms with Gasteiger partial charge < -0.3 is 10.6 Å². The fourth-order valence-electron chi connectivity index (χ4n) is 2.75. The Balaban J connectivity index is 1.76. The molecule has 1 aromatic heterocycles. The van der Waals surface area contributed by atoms with Crippen molar-refractivity contribution in [1.82, 2.24) is 10.6 Å². The molecule has 1 atom stereocenters. The minimum Gasteiger partial charge on any atom is -0.352 e. The molecule has 1 heterocycles. The van der Waals surface area contributed by atoms with Gasteiger partial charge in [0.2, 0.25) is 5.91 Å². The van der Waals surface area contributed by atoms with Crippen molar-refractivity contribution < 1.29 is 9.59 Å². The molecular formula is C22H22N2O2S. The van der Waals surface area contributed by atoms with E-state index in [2.05, 4.69) is 34.9 Å². The van der Waals surface area contributed by atoms with E-state index in [1.807, 2.05) is 36.6 Å². The smallest absolute Gasteiger partial charge is 0.252 e. The average Bonchev–Trinajstić information content (AvgIpc) is 3.20. The minimum absolute atomic E-state index is 0.0753. The predicted molar refractivity (Wildman–Crippen MR) is 109 cm³/mol. The lowest BCUT2D eigenvalue weighted by atomic mass is 10.0. The van der Waals surface area contributed by atoms with Crippen molar-refractivity contribution in [2.24, 2.45) is 0 Å². The topological polar surface area (TPSA) is 58.2 Å². The van der Waals surface area contributed by atoms with E-state index in [9.17, 15) is 9.59 Å². The molecule has 0 bridgehead atoms. The van der Waals surface area contributed by atoms with E-state index in [-0.39, 0.29) is 17.9 Å². The molecule has 0 saturated heterocycles. The van der Waals surface area contributed by atoms with Gasteiger partial charge in [-0.15, -0.1) is 11.3 Å². The molecule has 3 aromatic rings. The van der Waals surface area contributed by atoms with Crippen LogP contribution in [0.1, 0.15) is 44.9 Å². The van der Waals surface area contributed by atoms with Crippen LogP contribution in [-0.4, -0.2) is 11.8 Å². The second-order valence-corrected chi connectivity index (χ2v) is 7.42. The summed E-state index contributed by atoms with van der Waals surface area (Å²) in [5, 5.41) is 7.91. The van der Waals surface area contributed by atoms with Gasteiger partial charge in [-0.3, -0.25) is 9.59 Å².